The van der Waals surface area contributed by atoms with Gasteiger partial charge < -0.3 is 36.6 Å². The van der Waals surface area contributed by atoms with Gasteiger partial charge in [0.2, 0.25) is 17.7 Å². The number of aliphatic carboxylic acids is 3. The molecule has 35 heavy (non-hydrogen) atoms. The fourth-order valence-corrected chi connectivity index (χ4v) is 3.76. The normalized spacial score (nSPS) is 17.6. The average molecular weight is 492 g/mol. The highest BCUT2D eigenvalue weighted by atomic mass is 16.4. The lowest BCUT2D eigenvalue weighted by Crippen LogP contribution is -2.58. The number of hydrogen-bond acceptors (Lipinski definition) is 7. The van der Waals surface area contributed by atoms with E-state index in [1.165, 1.54) is 0 Å². The summed E-state index contributed by atoms with van der Waals surface area (Å²) in [5.74, 6) is -7.00. The largest absolute Gasteiger partial charge is 0.481 e. The van der Waals surface area contributed by atoms with Crippen LogP contribution >= 0.6 is 0 Å². The summed E-state index contributed by atoms with van der Waals surface area (Å²) in [6, 6.07) is 3.15. The third kappa shape index (κ3) is 8.07. The smallest absolute Gasteiger partial charge is 0.326 e. The molecule has 13 nitrogen and oxygen atoms in total. The number of benzene rings is 1. The van der Waals surface area contributed by atoms with Crippen molar-refractivity contribution in [2.75, 3.05) is 6.54 Å². The maximum absolute atomic E-state index is 12.9. The molecule has 1 saturated heterocycles. The standard InChI is InChI=1S/C22H28N4O9/c23-13(9-12-5-2-1-3-6-12)19(31)24-14(10-17(27)28)20(32)25-15(11-18(29)30)21(33)26-8-4-7-16(26)22(34)35/h1-3,5-6,13-16H,4,7-11,23H2,(H,24,31)(H,25,32)(H,27,28)(H,29,30)(H,34,35)/t13-,14-,15-,16-/m0/s1. The molecule has 7 N–H and O–H groups in total. The van der Waals surface area contributed by atoms with Crippen molar-refractivity contribution in [3.8, 4) is 0 Å². The highest BCUT2D eigenvalue weighted by Gasteiger charge is 2.39. The van der Waals surface area contributed by atoms with Crippen molar-refractivity contribution >= 4 is 35.6 Å². The number of carboxylic acid groups (broad SMARTS) is 3. The van der Waals surface area contributed by atoms with Crippen LogP contribution in [0.5, 0.6) is 0 Å². The van der Waals surface area contributed by atoms with Crippen LogP contribution in [0.1, 0.15) is 31.2 Å². The monoisotopic (exact) mass is 492 g/mol. The lowest BCUT2D eigenvalue weighted by molar-refractivity contribution is -0.151. The van der Waals surface area contributed by atoms with Crippen LogP contribution < -0.4 is 16.4 Å². The fraction of sp³-hybridized carbons (Fsp3) is 0.455. The van der Waals surface area contributed by atoms with Gasteiger partial charge in [0.25, 0.3) is 0 Å². The molecule has 0 saturated carbocycles. The van der Waals surface area contributed by atoms with Crippen molar-refractivity contribution in [1.82, 2.24) is 15.5 Å². The summed E-state index contributed by atoms with van der Waals surface area (Å²) in [5, 5.41) is 32.1. The highest BCUT2D eigenvalue weighted by molar-refractivity contribution is 5.97. The summed E-state index contributed by atoms with van der Waals surface area (Å²) < 4.78 is 0. The van der Waals surface area contributed by atoms with Crippen molar-refractivity contribution in [3.63, 3.8) is 0 Å². The first-order valence-corrected chi connectivity index (χ1v) is 10.9. The Bertz CT molecular complexity index is 969. The van der Waals surface area contributed by atoms with E-state index < -0.39 is 72.6 Å². The molecule has 1 heterocycles. The first kappa shape index (κ1) is 27.2. The molecule has 3 amide bonds. The SMILES string of the molecule is N[C@@H](Cc1ccccc1)C(=O)N[C@@H](CC(=O)O)C(=O)N[C@@H](CC(=O)O)C(=O)N1CCC[C@H]1C(=O)O. The maximum atomic E-state index is 12.9. The third-order valence-electron chi connectivity index (χ3n) is 5.46. The van der Waals surface area contributed by atoms with Crippen LogP contribution in [0.4, 0.5) is 0 Å². The number of carboxylic acids is 3. The predicted octanol–water partition coefficient (Wildman–Crippen LogP) is -1.45. The zero-order chi connectivity index (χ0) is 26.1. The first-order chi connectivity index (χ1) is 16.5. The minimum Gasteiger partial charge on any atom is -0.481 e. The maximum Gasteiger partial charge on any atom is 0.326 e. The molecule has 1 fully saturated rings. The van der Waals surface area contributed by atoms with Crippen LogP contribution in [0.2, 0.25) is 0 Å². The van der Waals surface area contributed by atoms with Crippen molar-refractivity contribution in [2.45, 2.75) is 56.3 Å². The summed E-state index contributed by atoms with van der Waals surface area (Å²) in [4.78, 5) is 73.2. The van der Waals surface area contributed by atoms with Crippen LogP contribution in [-0.4, -0.2) is 86.6 Å². The molecule has 190 valence electrons. The molecule has 0 bridgehead atoms. The molecule has 0 spiro atoms. The number of nitrogens with two attached hydrogens (primary N) is 1. The third-order valence-corrected chi connectivity index (χ3v) is 5.46. The topological polar surface area (TPSA) is 216 Å². The van der Waals surface area contributed by atoms with E-state index in [0.29, 0.717) is 6.42 Å². The summed E-state index contributed by atoms with van der Waals surface area (Å²) >= 11 is 0. The molecule has 0 radical (unpaired) electrons. The molecular weight excluding hydrogens is 464 g/mol. The van der Waals surface area contributed by atoms with Gasteiger partial charge in [-0.3, -0.25) is 24.0 Å². The van der Waals surface area contributed by atoms with E-state index in [0.717, 1.165) is 10.5 Å². The molecular formula is C22H28N4O9. The van der Waals surface area contributed by atoms with Crippen molar-refractivity contribution in [3.05, 3.63) is 35.9 Å². The molecule has 13 heteroatoms. The molecule has 0 unspecified atom stereocenters. The van der Waals surface area contributed by atoms with Gasteiger partial charge in [-0.25, -0.2) is 4.79 Å². The Labute approximate surface area is 200 Å². The second-order valence-electron chi connectivity index (χ2n) is 8.14. The minimum absolute atomic E-state index is 0.0609. The molecule has 1 aromatic carbocycles. The van der Waals surface area contributed by atoms with Gasteiger partial charge in [0.05, 0.1) is 18.9 Å². The first-order valence-electron chi connectivity index (χ1n) is 10.9. The van der Waals surface area contributed by atoms with Gasteiger partial charge in [-0.05, 0) is 24.8 Å². The quantitative estimate of drug-likeness (QED) is 0.199. The minimum atomic E-state index is -1.66. The summed E-state index contributed by atoms with van der Waals surface area (Å²) in [5.41, 5.74) is 6.62. The summed E-state index contributed by atoms with van der Waals surface area (Å²) in [6.07, 6.45) is -1.06. The van der Waals surface area contributed by atoms with Gasteiger partial charge in [0, 0.05) is 6.54 Å². The van der Waals surface area contributed by atoms with Crippen molar-refractivity contribution < 1.29 is 44.1 Å². The zero-order valence-electron chi connectivity index (χ0n) is 18.8. The molecule has 1 aliphatic rings. The van der Waals surface area contributed by atoms with E-state index in [2.05, 4.69) is 10.6 Å². The number of likely N-dealkylation sites (tertiary alicyclic amines) is 1. The number of carbonyl (C=O) groups is 6. The van der Waals surface area contributed by atoms with Gasteiger partial charge in [-0.15, -0.1) is 0 Å². The Morgan fingerprint density at radius 2 is 1.49 bits per heavy atom. The summed E-state index contributed by atoms with van der Waals surface area (Å²) in [6.45, 7) is 0.0609. The Hall–Kier alpha value is -4.00. The Kier molecular flexibility index (Phi) is 9.70. The average Bonchev–Trinajstić information content (AvgIpc) is 3.28. The number of hydrogen-bond donors (Lipinski definition) is 6. The second kappa shape index (κ2) is 12.5. The molecule has 0 aliphatic carbocycles. The van der Waals surface area contributed by atoms with Crippen molar-refractivity contribution in [1.29, 1.82) is 0 Å². The van der Waals surface area contributed by atoms with Crippen LogP contribution in [-0.2, 0) is 35.2 Å². The van der Waals surface area contributed by atoms with E-state index in [1.54, 1.807) is 30.3 Å². The zero-order valence-corrected chi connectivity index (χ0v) is 18.8. The van der Waals surface area contributed by atoms with Crippen LogP contribution in [0.3, 0.4) is 0 Å². The fourth-order valence-electron chi connectivity index (χ4n) is 3.76. The number of carbonyl (C=O) groups excluding carboxylic acids is 3. The van der Waals surface area contributed by atoms with E-state index in [4.69, 9.17) is 5.73 Å². The Morgan fingerprint density at radius 3 is 2.06 bits per heavy atom. The van der Waals surface area contributed by atoms with E-state index >= 15 is 0 Å². The van der Waals surface area contributed by atoms with E-state index in [-0.39, 0.29) is 19.4 Å². The van der Waals surface area contributed by atoms with Crippen LogP contribution in [0, 0.1) is 0 Å². The Balaban J connectivity index is 2.14. The number of nitrogens with one attached hydrogen (secondary N) is 2. The Morgan fingerprint density at radius 1 is 0.914 bits per heavy atom. The predicted molar refractivity (Wildman–Crippen MR) is 119 cm³/mol. The van der Waals surface area contributed by atoms with E-state index in [9.17, 15) is 44.1 Å². The number of nitrogens with zero attached hydrogens (tertiary/aromatic N) is 1. The highest BCUT2D eigenvalue weighted by Crippen LogP contribution is 2.19. The van der Waals surface area contributed by atoms with Gasteiger partial charge in [-0.1, -0.05) is 30.3 Å². The molecule has 4 atom stereocenters. The lowest BCUT2D eigenvalue weighted by Gasteiger charge is -2.28. The lowest BCUT2D eigenvalue weighted by atomic mass is 10.0. The number of rotatable bonds is 12. The molecule has 2 rings (SSSR count). The van der Waals surface area contributed by atoms with Gasteiger partial charge in [0.1, 0.15) is 18.1 Å². The van der Waals surface area contributed by atoms with Gasteiger partial charge in [-0.2, -0.15) is 0 Å². The van der Waals surface area contributed by atoms with E-state index in [1.807, 2.05) is 0 Å². The number of amides is 3. The van der Waals surface area contributed by atoms with Gasteiger partial charge in [0.15, 0.2) is 0 Å². The van der Waals surface area contributed by atoms with Gasteiger partial charge >= 0.3 is 17.9 Å². The second-order valence-corrected chi connectivity index (χ2v) is 8.14. The molecule has 1 aliphatic heterocycles. The summed E-state index contributed by atoms with van der Waals surface area (Å²) in [7, 11) is 0. The van der Waals surface area contributed by atoms with Crippen LogP contribution in [0.15, 0.2) is 30.3 Å². The molecule has 0 aromatic heterocycles. The van der Waals surface area contributed by atoms with Crippen molar-refractivity contribution in [2.24, 2.45) is 5.73 Å². The molecule has 1 aromatic rings. The van der Waals surface area contributed by atoms with Crippen LogP contribution in [0.25, 0.3) is 0 Å².